The highest BCUT2D eigenvalue weighted by Gasteiger charge is 2.41. The molecule has 3 rings (SSSR count). The number of hydrogen-bond donors (Lipinski definition) is 1. The summed E-state index contributed by atoms with van der Waals surface area (Å²) in [5.41, 5.74) is -1.20. The van der Waals surface area contributed by atoms with E-state index in [9.17, 15) is 9.90 Å². The summed E-state index contributed by atoms with van der Waals surface area (Å²) in [5.74, 6) is 0.810. The Labute approximate surface area is 143 Å². The first kappa shape index (κ1) is 17.2. The zero-order valence-electron chi connectivity index (χ0n) is 14.5. The fourth-order valence-corrected chi connectivity index (χ4v) is 3.43. The fourth-order valence-electron chi connectivity index (χ4n) is 3.43. The van der Waals surface area contributed by atoms with Crippen molar-refractivity contribution in [2.75, 3.05) is 19.7 Å². The molecule has 5 heteroatoms. The van der Waals surface area contributed by atoms with Gasteiger partial charge in [-0.1, -0.05) is 18.2 Å². The molecule has 1 aliphatic carbocycles. The van der Waals surface area contributed by atoms with E-state index in [0.29, 0.717) is 19.7 Å². The number of carbonyl (C=O) groups is 1. The maximum atomic E-state index is 12.6. The molecule has 1 N–H and O–H groups in total. The molecule has 1 saturated heterocycles. The molecule has 0 radical (unpaired) electrons. The summed E-state index contributed by atoms with van der Waals surface area (Å²) in [6, 6.07) is 9.61. The number of ether oxygens (including phenoxy) is 2. The van der Waals surface area contributed by atoms with Gasteiger partial charge in [0.1, 0.15) is 18.5 Å². The largest absolute Gasteiger partial charge is 0.491 e. The lowest BCUT2D eigenvalue weighted by Crippen LogP contribution is -2.57. The summed E-state index contributed by atoms with van der Waals surface area (Å²) in [6.45, 7) is 5.43. The first-order chi connectivity index (χ1) is 11.4. The van der Waals surface area contributed by atoms with Crippen LogP contribution in [0.25, 0.3) is 0 Å². The maximum absolute atomic E-state index is 12.6. The highest BCUT2D eigenvalue weighted by molar-refractivity contribution is 5.77. The molecule has 1 atom stereocenters. The van der Waals surface area contributed by atoms with Crippen molar-refractivity contribution in [3.8, 4) is 5.75 Å². The van der Waals surface area contributed by atoms with Gasteiger partial charge in [0.15, 0.2) is 0 Å². The van der Waals surface area contributed by atoms with Crippen molar-refractivity contribution in [2.45, 2.75) is 56.8 Å². The first-order valence-corrected chi connectivity index (χ1v) is 8.71. The summed E-state index contributed by atoms with van der Waals surface area (Å²) < 4.78 is 11.9. The highest BCUT2D eigenvalue weighted by atomic mass is 16.5. The van der Waals surface area contributed by atoms with Crippen LogP contribution in [0.15, 0.2) is 30.3 Å². The van der Waals surface area contributed by atoms with Crippen LogP contribution >= 0.6 is 0 Å². The van der Waals surface area contributed by atoms with E-state index in [1.54, 1.807) is 0 Å². The van der Waals surface area contributed by atoms with E-state index in [4.69, 9.17) is 9.47 Å². The van der Waals surface area contributed by atoms with E-state index >= 15 is 0 Å². The number of morpholine rings is 1. The van der Waals surface area contributed by atoms with Gasteiger partial charge in [0, 0.05) is 6.54 Å². The Kier molecular flexibility index (Phi) is 4.83. The van der Waals surface area contributed by atoms with Gasteiger partial charge < -0.3 is 19.5 Å². The van der Waals surface area contributed by atoms with Crippen molar-refractivity contribution < 1.29 is 19.4 Å². The molecule has 0 bridgehead atoms. The number of carbonyl (C=O) groups excluding carboxylic acids is 1. The number of benzene rings is 1. The Hall–Kier alpha value is -1.59. The van der Waals surface area contributed by atoms with Crippen LogP contribution in [0.2, 0.25) is 0 Å². The average molecular weight is 333 g/mol. The summed E-state index contributed by atoms with van der Waals surface area (Å²) in [7, 11) is 0. The molecule has 2 aliphatic rings. The summed E-state index contributed by atoms with van der Waals surface area (Å²) >= 11 is 0. The van der Waals surface area contributed by atoms with Gasteiger partial charge in [-0.25, -0.2) is 0 Å². The van der Waals surface area contributed by atoms with Gasteiger partial charge in [0.2, 0.25) is 5.91 Å². The number of rotatable bonds is 5. The topological polar surface area (TPSA) is 59.0 Å². The highest BCUT2D eigenvalue weighted by Crippen LogP contribution is 2.35. The van der Waals surface area contributed by atoms with Gasteiger partial charge in [-0.05, 0) is 45.2 Å². The standard InChI is InChI=1S/C19H27NO4/c1-18(2)14-20(17(21)11-19(22)9-6-10-19)12-16(24-18)13-23-15-7-4-3-5-8-15/h3-5,7-8,16,22H,6,9-14H2,1-2H3/t16-/m1/s1. The molecular weight excluding hydrogens is 306 g/mol. The first-order valence-electron chi connectivity index (χ1n) is 8.71. The molecule has 1 aromatic rings. The van der Waals surface area contributed by atoms with Crippen molar-refractivity contribution in [3.05, 3.63) is 30.3 Å². The second kappa shape index (κ2) is 6.73. The van der Waals surface area contributed by atoms with Crippen molar-refractivity contribution in [1.82, 2.24) is 4.90 Å². The predicted octanol–water partition coefficient (Wildman–Crippen LogP) is 2.38. The molecular formula is C19H27NO4. The third-order valence-corrected chi connectivity index (χ3v) is 4.78. The molecule has 1 aromatic carbocycles. The SMILES string of the molecule is CC1(C)CN(C(=O)CC2(O)CCC2)C[C@H](COc2ccccc2)O1. The van der Waals surface area contributed by atoms with E-state index in [2.05, 4.69) is 0 Å². The van der Waals surface area contributed by atoms with Crippen LogP contribution in [-0.4, -0.2) is 52.9 Å². The predicted molar refractivity (Wildman–Crippen MR) is 90.9 cm³/mol. The molecule has 1 saturated carbocycles. The molecule has 0 aromatic heterocycles. The molecule has 1 heterocycles. The van der Waals surface area contributed by atoms with Gasteiger partial charge in [-0.3, -0.25) is 4.79 Å². The Morgan fingerprint density at radius 3 is 2.67 bits per heavy atom. The Morgan fingerprint density at radius 2 is 2.04 bits per heavy atom. The quantitative estimate of drug-likeness (QED) is 0.899. The number of para-hydroxylation sites is 1. The van der Waals surface area contributed by atoms with Crippen molar-refractivity contribution in [3.63, 3.8) is 0 Å². The molecule has 0 spiro atoms. The lowest BCUT2D eigenvalue weighted by atomic mass is 9.77. The van der Waals surface area contributed by atoms with Crippen LogP contribution < -0.4 is 4.74 Å². The third kappa shape index (κ3) is 4.28. The minimum atomic E-state index is -0.782. The minimum Gasteiger partial charge on any atom is -0.491 e. The minimum absolute atomic E-state index is 0.0123. The van der Waals surface area contributed by atoms with Gasteiger partial charge in [0.25, 0.3) is 0 Å². The molecule has 24 heavy (non-hydrogen) atoms. The number of amides is 1. The lowest BCUT2D eigenvalue weighted by molar-refractivity contribution is -0.170. The van der Waals surface area contributed by atoms with Crippen LogP contribution in [0, 0.1) is 0 Å². The monoisotopic (exact) mass is 333 g/mol. The fraction of sp³-hybridized carbons (Fsp3) is 0.632. The summed E-state index contributed by atoms with van der Waals surface area (Å²) in [6.07, 6.45) is 2.51. The molecule has 1 amide bonds. The number of hydrogen-bond acceptors (Lipinski definition) is 4. The van der Waals surface area contributed by atoms with Gasteiger partial charge in [-0.2, -0.15) is 0 Å². The third-order valence-electron chi connectivity index (χ3n) is 4.78. The number of nitrogens with zero attached hydrogens (tertiary/aromatic N) is 1. The summed E-state index contributed by atoms with van der Waals surface area (Å²) in [5, 5.41) is 10.3. The van der Waals surface area contributed by atoms with Crippen LogP contribution in [0.4, 0.5) is 0 Å². The molecule has 132 valence electrons. The van der Waals surface area contributed by atoms with E-state index in [-0.39, 0.29) is 18.4 Å². The van der Waals surface area contributed by atoms with Crippen molar-refractivity contribution in [1.29, 1.82) is 0 Å². The molecule has 5 nitrogen and oxygen atoms in total. The molecule has 0 unspecified atom stereocenters. The van der Waals surface area contributed by atoms with Crippen molar-refractivity contribution in [2.24, 2.45) is 0 Å². The van der Waals surface area contributed by atoms with Crippen LogP contribution in [0.1, 0.15) is 39.5 Å². The Morgan fingerprint density at radius 1 is 1.33 bits per heavy atom. The zero-order chi connectivity index (χ0) is 17.2. The van der Waals surface area contributed by atoms with Gasteiger partial charge >= 0.3 is 0 Å². The van der Waals surface area contributed by atoms with Crippen molar-refractivity contribution >= 4 is 5.91 Å². The maximum Gasteiger partial charge on any atom is 0.225 e. The van der Waals surface area contributed by atoms with Gasteiger partial charge in [-0.15, -0.1) is 0 Å². The van der Waals surface area contributed by atoms with Crippen LogP contribution in [-0.2, 0) is 9.53 Å². The smallest absolute Gasteiger partial charge is 0.225 e. The number of aliphatic hydroxyl groups is 1. The second-order valence-corrected chi connectivity index (χ2v) is 7.65. The van der Waals surface area contributed by atoms with E-state index in [1.807, 2.05) is 49.1 Å². The normalized spacial score (nSPS) is 25.0. The van der Waals surface area contributed by atoms with E-state index in [1.165, 1.54) is 0 Å². The van der Waals surface area contributed by atoms with Crippen LogP contribution in [0.5, 0.6) is 5.75 Å². The molecule has 2 fully saturated rings. The van der Waals surface area contributed by atoms with E-state index in [0.717, 1.165) is 25.0 Å². The summed E-state index contributed by atoms with van der Waals surface area (Å²) in [4.78, 5) is 14.4. The van der Waals surface area contributed by atoms with Gasteiger partial charge in [0.05, 0.1) is 24.2 Å². The molecule has 1 aliphatic heterocycles. The Balaban J connectivity index is 1.58. The lowest BCUT2D eigenvalue weighted by Gasteiger charge is -2.44. The average Bonchev–Trinajstić information content (AvgIpc) is 2.51. The zero-order valence-corrected chi connectivity index (χ0v) is 14.5. The Bertz CT molecular complexity index is 568. The second-order valence-electron chi connectivity index (χ2n) is 7.65. The van der Waals surface area contributed by atoms with Crippen LogP contribution in [0.3, 0.4) is 0 Å². The van der Waals surface area contributed by atoms with E-state index < -0.39 is 11.2 Å².